The maximum atomic E-state index is 12.6. The Bertz CT molecular complexity index is 1500. The summed E-state index contributed by atoms with van der Waals surface area (Å²) in [5.74, 6) is 0.615. The van der Waals surface area contributed by atoms with E-state index >= 15 is 0 Å². The maximum Gasteiger partial charge on any atom is 0.220 e. The molecular formula is C37H43NO2. The Balaban J connectivity index is 1.05. The number of carbonyl (C=O) groups excluding carboxylic acids is 2. The van der Waals surface area contributed by atoms with Crippen molar-refractivity contribution in [3.8, 4) is 0 Å². The molecule has 208 valence electrons. The smallest absolute Gasteiger partial charge is 0.220 e. The molecule has 1 amide bonds. The molecule has 0 bridgehead atoms. The number of hydrogen-bond acceptors (Lipinski definition) is 2. The van der Waals surface area contributed by atoms with Gasteiger partial charge in [0.15, 0.2) is 5.78 Å². The van der Waals surface area contributed by atoms with Crippen molar-refractivity contribution in [3.05, 3.63) is 84.0 Å². The number of nitrogens with one attached hydrogen (secondary N) is 1. The minimum absolute atomic E-state index is 0.109. The van der Waals surface area contributed by atoms with Crippen molar-refractivity contribution in [2.75, 3.05) is 0 Å². The molecule has 3 heteroatoms. The lowest BCUT2D eigenvalue weighted by Crippen LogP contribution is -2.22. The van der Waals surface area contributed by atoms with Crippen LogP contribution in [0.5, 0.6) is 0 Å². The predicted molar refractivity (Wildman–Crippen MR) is 169 cm³/mol. The summed E-state index contributed by atoms with van der Waals surface area (Å²) >= 11 is 0. The van der Waals surface area contributed by atoms with Crippen LogP contribution in [0.3, 0.4) is 0 Å². The van der Waals surface area contributed by atoms with Crippen molar-refractivity contribution in [2.24, 2.45) is 5.92 Å². The zero-order valence-corrected chi connectivity index (χ0v) is 24.0. The van der Waals surface area contributed by atoms with Crippen LogP contribution < -0.4 is 5.32 Å². The van der Waals surface area contributed by atoms with E-state index in [1.807, 2.05) is 0 Å². The van der Waals surface area contributed by atoms with Gasteiger partial charge in [0.25, 0.3) is 0 Å². The number of rotatable bonds is 15. The van der Waals surface area contributed by atoms with Crippen molar-refractivity contribution < 1.29 is 9.59 Å². The highest BCUT2D eigenvalue weighted by atomic mass is 16.1. The second-order valence-electron chi connectivity index (χ2n) is 11.5. The Kier molecular flexibility index (Phi) is 9.65. The molecule has 0 radical (unpaired) electrons. The SMILES string of the molecule is CCCCCCCC[C@H]1C=CC(=O)/C1=C\CCCCCC(=O)NCc1ccc2ccc3cccc4ccc1c2c34. The van der Waals surface area contributed by atoms with Gasteiger partial charge in [0.05, 0.1) is 0 Å². The Hall–Kier alpha value is -3.46. The minimum atomic E-state index is 0.109. The number of hydrogen-bond donors (Lipinski definition) is 1. The van der Waals surface area contributed by atoms with E-state index < -0.39 is 0 Å². The van der Waals surface area contributed by atoms with Gasteiger partial charge < -0.3 is 5.32 Å². The van der Waals surface area contributed by atoms with Crippen LogP contribution in [0.25, 0.3) is 32.3 Å². The molecule has 1 N–H and O–H groups in total. The van der Waals surface area contributed by atoms with E-state index in [1.54, 1.807) is 6.08 Å². The van der Waals surface area contributed by atoms with E-state index in [2.05, 4.69) is 79.0 Å². The topological polar surface area (TPSA) is 46.2 Å². The standard InChI is InChI=1S/C37H43NO2/c1-2-3-4-5-6-9-13-27-23-25-34(39)32(27)16-10-7-8-11-17-35(40)38-26-31-21-20-30-19-18-28-14-12-15-29-22-24-33(31)37(30)36(28)29/h12,14-16,18-25,27H,2-11,13,17,26H2,1H3,(H,38,40)/b32-16-/t27-/m0/s1. The van der Waals surface area contributed by atoms with E-state index in [9.17, 15) is 9.59 Å². The van der Waals surface area contributed by atoms with Crippen molar-refractivity contribution in [1.29, 1.82) is 0 Å². The molecule has 4 aromatic rings. The first kappa shape index (κ1) is 28.1. The van der Waals surface area contributed by atoms with Gasteiger partial charge >= 0.3 is 0 Å². The quantitative estimate of drug-likeness (QED) is 0.0939. The molecule has 0 saturated heterocycles. The molecule has 0 aromatic heterocycles. The third-order valence-corrected chi connectivity index (χ3v) is 8.60. The zero-order chi connectivity index (χ0) is 27.7. The summed E-state index contributed by atoms with van der Waals surface area (Å²) < 4.78 is 0. The average Bonchev–Trinajstić information content (AvgIpc) is 3.33. The first-order chi connectivity index (χ1) is 19.7. The lowest BCUT2D eigenvalue weighted by molar-refractivity contribution is -0.121. The van der Waals surface area contributed by atoms with Gasteiger partial charge in [-0.1, -0.05) is 119 Å². The third-order valence-electron chi connectivity index (χ3n) is 8.60. The van der Waals surface area contributed by atoms with Crippen molar-refractivity contribution >= 4 is 44.0 Å². The van der Waals surface area contributed by atoms with E-state index in [0.717, 1.165) is 43.2 Å². The van der Waals surface area contributed by atoms with E-state index in [1.165, 1.54) is 70.8 Å². The van der Waals surface area contributed by atoms with Gasteiger partial charge in [0.1, 0.15) is 0 Å². The van der Waals surface area contributed by atoms with Crippen LogP contribution in [0.15, 0.2) is 78.4 Å². The second-order valence-corrected chi connectivity index (χ2v) is 11.5. The fraction of sp³-hybridized carbons (Fsp3) is 0.405. The van der Waals surface area contributed by atoms with Crippen molar-refractivity contribution in [2.45, 2.75) is 90.5 Å². The Morgan fingerprint density at radius 2 is 1.50 bits per heavy atom. The Morgan fingerprint density at radius 1 is 0.800 bits per heavy atom. The molecular weight excluding hydrogens is 490 g/mol. The summed E-state index contributed by atoms with van der Waals surface area (Å²) in [5, 5.41) is 10.7. The molecule has 0 aliphatic heterocycles. The highest BCUT2D eigenvalue weighted by Crippen LogP contribution is 2.36. The monoisotopic (exact) mass is 533 g/mol. The molecule has 4 aromatic carbocycles. The van der Waals surface area contributed by atoms with Crippen LogP contribution in [0, 0.1) is 5.92 Å². The van der Waals surface area contributed by atoms with Crippen LogP contribution in [0.2, 0.25) is 0 Å². The molecule has 0 fully saturated rings. The van der Waals surface area contributed by atoms with Gasteiger partial charge in [-0.3, -0.25) is 9.59 Å². The third kappa shape index (κ3) is 6.63. The molecule has 1 aliphatic carbocycles. The van der Waals surface area contributed by atoms with Crippen LogP contribution in [0.4, 0.5) is 0 Å². The highest BCUT2D eigenvalue weighted by molar-refractivity contribution is 6.23. The lowest BCUT2D eigenvalue weighted by Gasteiger charge is -2.14. The van der Waals surface area contributed by atoms with Gasteiger partial charge in [0, 0.05) is 24.5 Å². The Morgan fingerprint density at radius 3 is 2.33 bits per heavy atom. The summed E-state index contributed by atoms with van der Waals surface area (Å²) in [6, 6.07) is 19.5. The van der Waals surface area contributed by atoms with Crippen LogP contribution >= 0.6 is 0 Å². The molecule has 1 aliphatic rings. The fourth-order valence-corrected chi connectivity index (χ4v) is 6.33. The van der Waals surface area contributed by atoms with Gasteiger partial charge in [-0.2, -0.15) is 0 Å². The number of ketones is 1. The number of unbranched alkanes of at least 4 members (excludes halogenated alkanes) is 8. The number of carbonyl (C=O) groups is 2. The highest BCUT2D eigenvalue weighted by Gasteiger charge is 2.22. The van der Waals surface area contributed by atoms with Crippen LogP contribution in [-0.4, -0.2) is 11.7 Å². The molecule has 5 rings (SSSR count). The predicted octanol–water partition coefficient (Wildman–Crippen LogP) is 9.58. The Labute approximate surface area is 239 Å². The number of amides is 1. The van der Waals surface area contributed by atoms with Crippen molar-refractivity contribution in [1.82, 2.24) is 5.32 Å². The largest absolute Gasteiger partial charge is 0.352 e. The summed E-state index contributed by atoms with van der Waals surface area (Å²) in [5.41, 5.74) is 2.16. The second kappa shape index (κ2) is 13.7. The summed E-state index contributed by atoms with van der Waals surface area (Å²) in [4.78, 5) is 25.0. The van der Waals surface area contributed by atoms with E-state index in [0.29, 0.717) is 18.9 Å². The minimum Gasteiger partial charge on any atom is -0.352 e. The molecule has 3 nitrogen and oxygen atoms in total. The van der Waals surface area contributed by atoms with Crippen LogP contribution in [0.1, 0.15) is 89.5 Å². The first-order valence-electron chi connectivity index (χ1n) is 15.5. The van der Waals surface area contributed by atoms with Gasteiger partial charge in [-0.15, -0.1) is 0 Å². The normalized spacial score (nSPS) is 16.3. The molecule has 1 atom stereocenters. The van der Waals surface area contributed by atoms with Gasteiger partial charge in [-0.05, 0) is 69.6 Å². The van der Waals surface area contributed by atoms with E-state index in [4.69, 9.17) is 0 Å². The lowest BCUT2D eigenvalue weighted by atomic mass is 9.92. The molecule has 0 saturated carbocycles. The maximum absolute atomic E-state index is 12.6. The summed E-state index contributed by atoms with van der Waals surface area (Å²) in [7, 11) is 0. The molecule has 0 heterocycles. The zero-order valence-electron chi connectivity index (χ0n) is 24.0. The summed E-state index contributed by atoms with van der Waals surface area (Å²) in [6.07, 6.45) is 19.2. The van der Waals surface area contributed by atoms with Gasteiger partial charge in [0.2, 0.25) is 5.91 Å². The average molecular weight is 534 g/mol. The number of benzene rings is 4. The van der Waals surface area contributed by atoms with Crippen molar-refractivity contribution in [3.63, 3.8) is 0 Å². The van der Waals surface area contributed by atoms with Crippen LogP contribution in [-0.2, 0) is 16.1 Å². The molecule has 0 unspecified atom stereocenters. The molecule has 0 spiro atoms. The van der Waals surface area contributed by atoms with E-state index in [-0.39, 0.29) is 11.7 Å². The number of allylic oxidation sites excluding steroid dienone is 4. The van der Waals surface area contributed by atoms with Gasteiger partial charge in [-0.25, -0.2) is 0 Å². The summed E-state index contributed by atoms with van der Waals surface area (Å²) in [6.45, 7) is 2.80. The molecule has 40 heavy (non-hydrogen) atoms. The first-order valence-corrected chi connectivity index (χ1v) is 15.5. The fourth-order valence-electron chi connectivity index (χ4n) is 6.33.